The van der Waals surface area contributed by atoms with Gasteiger partial charge < -0.3 is 10.1 Å². The molecule has 0 spiro atoms. The average molecular weight is 251 g/mol. The molecule has 0 amide bonds. The van der Waals surface area contributed by atoms with E-state index in [9.17, 15) is 0 Å². The Morgan fingerprint density at radius 1 is 1.61 bits per heavy atom. The van der Waals surface area contributed by atoms with Gasteiger partial charge >= 0.3 is 0 Å². The van der Waals surface area contributed by atoms with Gasteiger partial charge in [-0.25, -0.2) is 0 Å². The summed E-state index contributed by atoms with van der Waals surface area (Å²) < 4.78 is 7.83. The fraction of sp³-hybridized carbons (Fsp3) is 0.786. The molecule has 2 unspecified atom stereocenters. The molecule has 1 aromatic rings. The molecule has 102 valence electrons. The zero-order valence-corrected chi connectivity index (χ0v) is 11.8. The highest BCUT2D eigenvalue weighted by atomic mass is 16.5. The molecule has 1 aromatic heterocycles. The number of ether oxygens (including phenoxy) is 1. The van der Waals surface area contributed by atoms with Gasteiger partial charge in [0, 0.05) is 25.9 Å². The van der Waals surface area contributed by atoms with Crippen LogP contribution in [0.1, 0.15) is 38.7 Å². The van der Waals surface area contributed by atoms with E-state index in [0.717, 1.165) is 32.4 Å². The molecule has 18 heavy (non-hydrogen) atoms. The van der Waals surface area contributed by atoms with E-state index in [1.165, 1.54) is 12.0 Å². The number of rotatable bonds is 6. The number of nitrogens with one attached hydrogen (secondary N) is 1. The van der Waals surface area contributed by atoms with Crippen LogP contribution in [0.4, 0.5) is 0 Å². The molecule has 0 aliphatic carbocycles. The Balaban J connectivity index is 1.93. The Hall–Kier alpha value is -0.870. The van der Waals surface area contributed by atoms with Gasteiger partial charge in [0.15, 0.2) is 0 Å². The van der Waals surface area contributed by atoms with Crippen molar-refractivity contribution in [1.82, 2.24) is 15.1 Å². The van der Waals surface area contributed by atoms with E-state index in [1.807, 2.05) is 17.9 Å². The monoisotopic (exact) mass is 251 g/mol. The van der Waals surface area contributed by atoms with Gasteiger partial charge in [0.05, 0.1) is 11.8 Å². The number of nitrogens with zero attached hydrogens (tertiary/aromatic N) is 2. The van der Waals surface area contributed by atoms with Crippen molar-refractivity contribution in [3.63, 3.8) is 0 Å². The minimum atomic E-state index is 0.0121. The highest BCUT2D eigenvalue weighted by molar-refractivity contribution is 5.05. The third kappa shape index (κ3) is 3.12. The first kappa shape index (κ1) is 13.6. The second-order valence-corrected chi connectivity index (χ2v) is 5.44. The molecule has 0 aromatic carbocycles. The second-order valence-electron chi connectivity index (χ2n) is 5.44. The predicted molar refractivity (Wildman–Crippen MR) is 72.6 cm³/mol. The standard InChI is InChI=1S/C14H25N3O/c1-4-15-13(14(2)8-5-9-18-14)7-6-12-10-16-17(3)11-12/h10-11,13,15H,4-9H2,1-3H3. The second kappa shape index (κ2) is 5.85. The molecule has 4 heteroatoms. The summed E-state index contributed by atoms with van der Waals surface area (Å²) in [7, 11) is 1.96. The van der Waals surface area contributed by atoms with Crippen LogP contribution in [0, 0.1) is 0 Å². The summed E-state index contributed by atoms with van der Waals surface area (Å²) in [6, 6.07) is 0.435. The first-order valence-electron chi connectivity index (χ1n) is 6.99. The van der Waals surface area contributed by atoms with Crippen LogP contribution in [0.3, 0.4) is 0 Å². The van der Waals surface area contributed by atoms with Crippen LogP contribution in [0.25, 0.3) is 0 Å². The fourth-order valence-electron chi connectivity index (χ4n) is 2.86. The molecule has 1 N–H and O–H groups in total. The van der Waals surface area contributed by atoms with Crippen LogP contribution < -0.4 is 5.32 Å². The molecule has 0 saturated carbocycles. The van der Waals surface area contributed by atoms with Crippen molar-refractivity contribution in [2.24, 2.45) is 7.05 Å². The average Bonchev–Trinajstić information content (AvgIpc) is 2.94. The normalized spacial score (nSPS) is 25.5. The van der Waals surface area contributed by atoms with Crippen molar-refractivity contribution in [2.45, 2.75) is 51.2 Å². The molecule has 0 bridgehead atoms. The lowest BCUT2D eigenvalue weighted by Gasteiger charge is -2.34. The Morgan fingerprint density at radius 2 is 2.44 bits per heavy atom. The first-order chi connectivity index (χ1) is 8.64. The molecular formula is C14H25N3O. The maximum Gasteiger partial charge on any atom is 0.0807 e. The van der Waals surface area contributed by atoms with Gasteiger partial charge in [0.1, 0.15) is 0 Å². The van der Waals surface area contributed by atoms with Gasteiger partial charge in [-0.2, -0.15) is 5.10 Å². The fourth-order valence-corrected chi connectivity index (χ4v) is 2.86. The van der Waals surface area contributed by atoms with Crippen molar-refractivity contribution >= 4 is 0 Å². The minimum absolute atomic E-state index is 0.0121. The number of likely N-dealkylation sites (N-methyl/N-ethyl adjacent to an activating group) is 1. The lowest BCUT2D eigenvalue weighted by atomic mass is 9.89. The van der Waals surface area contributed by atoms with E-state index in [4.69, 9.17) is 4.74 Å². The minimum Gasteiger partial charge on any atom is -0.374 e. The molecule has 1 fully saturated rings. The van der Waals surface area contributed by atoms with Crippen molar-refractivity contribution in [1.29, 1.82) is 0 Å². The summed E-state index contributed by atoms with van der Waals surface area (Å²) in [5, 5.41) is 7.81. The first-order valence-corrected chi connectivity index (χ1v) is 6.99. The van der Waals surface area contributed by atoms with Crippen molar-refractivity contribution in [3.8, 4) is 0 Å². The third-order valence-corrected chi connectivity index (χ3v) is 3.92. The Labute approximate surface area is 110 Å². The summed E-state index contributed by atoms with van der Waals surface area (Å²) in [5.41, 5.74) is 1.32. The highest BCUT2D eigenvalue weighted by Crippen LogP contribution is 2.30. The van der Waals surface area contributed by atoms with E-state index in [0.29, 0.717) is 6.04 Å². The maximum atomic E-state index is 5.97. The van der Waals surface area contributed by atoms with E-state index < -0.39 is 0 Å². The Morgan fingerprint density at radius 3 is 3.00 bits per heavy atom. The number of aromatic nitrogens is 2. The van der Waals surface area contributed by atoms with E-state index in [1.54, 1.807) is 0 Å². The van der Waals surface area contributed by atoms with Crippen molar-refractivity contribution < 1.29 is 4.74 Å². The topological polar surface area (TPSA) is 39.1 Å². The van der Waals surface area contributed by atoms with Gasteiger partial charge in [0.25, 0.3) is 0 Å². The van der Waals surface area contributed by atoms with Crippen LogP contribution >= 0.6 is 0 Å². The summed E-state index contributed by atoms with van der Waals surface area (Å²) >= 11 is 0. The van der Waals surface area contributed by atoms with Gasteiger partial charge in [-0.05, 0) is 44.7 Å². The van der Waals surface area contributed by atoms with Gasteiger partial charge in [-0.1, -0.05) is 6.92 Å². The Kier molecular flexibility index (Phi) is 4.40. The summed E-state index contributed by atoms with van der Waals surface area (Å²) in [5.74, 6) is 0. The molecule has 2 rings (SSSR count). The van der Waals surface area contributed by atoms with Crippen molar-refractivity contribution in [3.05, 3.63) is 18.0 Å². The molecule has 1 aliphatic heterocycles. The smallest absolute Gasteiger partial charge is 0.0807 e. The summed E-state index contributed by atoms with van der Waals surface area (Å²) in [6.07, 6.45) is 8.57. The molecule has 2 atom stereocenters. The van der Waals surface area contributed by atoms with Gasteiger partial charge in [0.2, 0.25) is 0 Å². The quantitative estimate of drug-likeness (QED) is 0.839. The van der Waals surface area contributed by atoms with Crippen molar-refractivity contribution in [2.75, 3.05) is 13.2 Å². The molecule has 1 saturated heterocycles. The van der Waals surface area contributed by atoms with Gasteiger partial charge in [-0.3, -0.25) is 4.68 Å². The number of hydrogen-bond acceptors (Lipinski definition) is 3. The number of hydrogen-bond donors (Lipinski definition) is 1. The molecule has 0 radical (unpaired) electrons. The summed E-state index contributed by atoms with van der Waals surface area (Å²) in [6.45, 7) is 6.31. The summed E-state index contributed by atoms with van der Waals surface area (Å²) in [4.78, 5) is 0. The molecule has 4 nitrogen and oxygen atoms in total. The van der Waals surface area contributed by atoms with E-state index in [-0.39, 0.29) is 5.60 Å². The highest BCUT2D eigenvalue weighted by Gasteiger charge is 2.37. The largest absolute Gasteiger partial charge is 0.374 e. The lowest BCUT2D eigenvalue weighted by molar-refractivity contribution is -0.0133. The van der Waals surface area contributed by atoms with Gasteiger partial charge in [-0.15, -0.1) is 0 Å². The van der Waals surface area contributed by atoms with E-state index >= 15 is 0 Å². The molecule has 1 aliphatic rings. The van der Waals surface area contributed by atoms with Crippen LogP contribution in [0.5, 0.6) is 0 Å². The predicted octanol–water partition coefficient (Wildman–Crippen LogP) is 1.90. The Bertz CT molecular complexity index is 369. The SMILES string of the molecule is CCNC(CCc1cnn(C)c1)C1(C)CCCO1. The van der Waals surface area contributed by atoms with Crippen LogP contribution in [0.2, 0.25) is 0 Å². The number of aryl methyl sites for hydroxylation is 2. The zero-order chi connectivity index (χ0) is 13.0. The zero-order valence-electron chi connectivity index (χ0n) is 11.8. The molecule has 2 heterocycles. The van der Waals surface area contributed by atoms with Crippen LogP contribution in [-0.2, 0) is 18.2 Å². The maximum absolute atomic E-state index is 5.97. The molecular weight excluding hydrogens is 226 g/mol. The lowest BCUT2D eigenvalue weighted by Crippen LogP contribution is -2.48. The van der Waals surface area contributed by atoms with Crippen LogP contribution in [-0.4, -0.2) is 34.6 Å². The third-order valence-electron chi connectivity index (χ3n) is 3.92. The van der Waals surface area contributed by atoms with Crippen LogP contribution in [0.15, 0.2) is 12.4 Å². The van der Waals surface area contributed by atoms with E-state index in [2.05, 4.69) is 30.5 Å².